The van der Waals surface area contributed by atoms with Crippen LogP contribution in [-0.4, -0.2) is 10.5 Å². The number of anilines is 1. The number of nitrogens with zero attached hydrogens (tertiary/aromatic N) is 2. The molecule has 0 bridgehead atoms. The molecule has 2 aromatic carbocycles. The molecule has 1 amide bonds. The Morgan fingerprint density at radius 1 is 1.17 bits per heavy atom. The van der Waals surface area contributed by atoms with Gasteiger partial charge in [0.05, 0.1) is 10.7 Å². The van der Waals surface area contributed by atoms with Crippen LogP contribution in [0.5, 0.6) is 0 Å². The summed E-state index contributed by atoms with van der Waals surface area (Å²) in [7, 11) is 0. The SMILES string of the molecule is CCc1ccc(-n2c(C)cc(/C=C(/C#N)C(=O)Nc3ccccc3Cl)c2C)cc1. The lowest BCUT2D eigenvalue weighted by Crippen LogP contribution is -2.13. The first-order chi connectivity index (χ1) is 13.9. The van der Waals surface area contributed by atoms with Crippen molar-refractivity contribution in [2.24, 2.45) is 0 Å². The minimum absolute atomic E-state index is 0.0199. The van der Waals surface area contributed by atoms with Crippen molar-refractivity contribution in [1.29, 1.82) is 5.26 Å². The quantitative estimate of drug-likeness (QED) is 0.428. The summed E-state index contributed by atoms with van der Waals surface area (Å²) in [5.74, 6) is -0.488. The van der Waals surface area contributed by atoms with Crippen molar-refractivity contribution < 1.29 is 4.79 Å². The van der Waals surface area contributed by atoms with Gasteiger partial charge in [0.25, 0.3) is 5.91 Å². The Bertz CT molecular complexity index is 1120. The van der Waals surface area contributed by atoms with Gasteiger partial charge in [-0.05, 0) is 67.8 Å². The van der Waals surface area contributed by atoms with Crippen LogP contribution < -0.4 is 5.32 Å². The molecule has 1 aromatic heterocycles. The largest absolute Gasteiger partial charge is 0.320 e. The maximum Gasteiger partial charge on any atom is 0.266 e. The highest BCUT2D eigenvalue weighted by molar-refractivity contribution is 6.34. The number of nitriles is 1. The third-order valence-electron chi connectivity index (χ3n) is 4.86. The fourth-order valence-corrected chi connectivity index (χ4v) is 3.45. The van der Waals surface area contributed by atoms with Crippen LogP contribution in [0.15, 0.2) is 60.2 Å². The Kier molecular flexibility index (Phi) is 6.21. The van der Waals surface area contributed by atoms with E-state index >= 15 is 0 Å². The smallest absolute Gasteiger partial charge is 0.266 e. The Morgan fingerprint density at radius 2 is 1.86 bits per heavy atom. The molecule has 0 unspecified atom stereocenters. The average Bonchev–Trinajstić information content (AvgIpc) is 3.00. The predicted octanol–water partition coefficient (Wildman–Crippen LogP) is 5.86. The fraction of sp³-hybridized carbons (Fsp3) is 0.167. The molecule has 0 saturated carbocycles. The normalized spacial score (nSPS) is 11.2. The number of para-hydroxylation sites is 1. The number of halogens is 1. The second kappa shape index (κ2) is 8.81. The maximum absolute atomic E-state index is 12.6. The lowest BCUT2D eigenvalue weighted by molar-refractivity contribution is -0.112. The van der Waals surface area contributed by atoms with E-state index in [2.05, 4.69) is 41.1 Å². The van der Waals surface area contributed by atoms with Crippen LogP contribution in [0.2, 0.25) is 5.02 Å². The zero-order valence-corrected chi connectivity index (χ0v) is 17.4. The Morgan fingerprint density at radius 3 is 2.48 bits per heavy atom. The number of carbonyl (C=O) groups excluding carboxylic acids is 1. The van der Waals surface area contributed by atoms with Crippen molar-refractivity contribution in [3.63, 3.8) is 0 Å². The summed E-state index contributed by atoms with van der Waals surface area (Å²) < 4.78 is 2.12. The first kappa shape index (κ1) is 20.4. The zero-order valence-electron chi connectivity index (χ0n) is 16.7. The molecule has 0 radical (unpaired) electrons. The number of amides is 1. The van der Waals surface area contributed by atoms with E-state index in [9.17, 15) is 10.1 Å². The first-order valence-corrected chi connectivity index (χ1v) is 9.78. The highest BCUT2D eigenvalue weighted by atomic mass is 35.5. The number of aromatic nitrogens is 1. The van der Waals surface area contributed by atoms with Gasteiger partial charge in [-0.1, -0.05) is 42.8 Å². The van der Waals surface area contributed by atoms with Gasteiger partial charge >= 0.3 is 0 Å². The van der Waals surface area contributed by atoms with Gasteiger partial charge in [-0.3, -0.25) is 4.79 Å². The number of hydrogen-bond donors (Lipinski definition) is 1. The molecule has 1 N–H and O–H groups in total. The molecular formula is C24H22ClN3O. The number of hydrogen-bond acceptors (Lipinski definition) is 2. The van der Waals surface area contributed by atoms with Crippen LogP contribution in [0.1, 0.15) is 29.4 Å². The Balaban J connectivity index is 1.93. The minimum Gasteiger partial charge on any atom is -0.320 e. The van der Waals surface area contributed by atoms with E-state index in [0.717, 1.165) is 29.1 Å². The second-order valence-corrected chi connectivity index (χ2v) is 7.19. The number of rotatable bonds is 5. The molecule has 3 aromatic rings. The van der Waals surface area contributed by atoms with Crippen molar-refractivity contribution in [1.82, 2.24) is 4.57 Å². The highest BCUT2D eigenvalue weighted by Crippen LogP contribution is 2.25. The number of carbonyl (C=O) groups is 1. The summed E-state index contributed by atoms with van der Waals surface area (Å²) in [6.45, 7) is 6.11. The average molecular weight is 404 g/mol. The molecule has 5 heteroatoms. The number of nitrogens with one attached hydrogen (secondary N) is 1. The van der Waals surface area contributed by atoms with Gasteiger partial charge in [0.15, 0.2) is 0 Å². The van der Waals surface area contributed by atoms with Gasteiger partial charge < -0.3 is 9.88 Å². The van der Waals surface area contributed by atoms with Gasteiger partial charge in [-0.15, -0.1) is 0 Å². The van der Waals surface area contributed by atoms with E-state index in [-0.39, 0.29) is 5.57 Å². The van der Waals surface area contributed by atoms with E-state index in [1.807, 2.05) is 26.0 Å². The van der Waals surface area contributed by atoms with Crippen LogP contribution in [0.3, 0.4) is 0 Å². The summed E-state index contributed by atoms with van der Waals surface area (Å²) >= 11 is 6.09. The summed E-state index contributed by atoms with van der Waals surface area (Å²) in [6, 6.07) is 19.3. The van der Waals surface area contributed by atoms with E-state index in [1.165, 1.54) is 5.56 Å². The van der Waals surface area contributed by atoms with E-state index in [1.54, 1.807) is 30.3 Å². The molecule has 1 heterocycles. The summed E-state index contributed by atoms with van der Waals surface area (Å²) in [5, 5.41) is 12.6. The molecule has 146 valence electrons. The van der Waals surface area contributed by atoms with Crippen molar-refractivity contribution in [3.05, 3.63) is 87.7 Å². The predicted molar refractivity (Wildman–Crippen MR) is 118 cm³/mol. The lowest BCUT2D eigenvalue weighted by Gasteiger charge is -2.10. The monoisotopic (exact) mass is 403 g/mol. The van der Waals surface area contributed by atoms with E-state index in [0.29, 0.717) is 10.7 Å². The molecule has 0 spiro atoms. The first-order valence-electron chi connectivity index (χ1n) is 9.40. The molecular weight excluding hydrogens is 382 g/mol. The van der Waals surface area contributed by atoms with Crippen LogP contribution in [0.4, 0.5) is 5.69 Å². The molecule has 4 nitrogen and oxygen atoms in total. The molecule has 0 atom stereocenters. The van der Waals surface area contributed by atoms with Crippen molar-refractivity contribution >= 4 is 29.3 Å². The van der Waals surface area contributed by atoms with Crippen LogP contribution in [-0.2, 0) is 11.2 Å². The molecule has 29 heavy (non-hydrogen) atoms. The standard InChI is InChI=1S/C24H22ClN3O/c1-4-18-9-11-21(12-10-18)28-16(2)13-19(17(28)3)14-20(15-26)24(29)27-23-8-6-5-7-22(23)25/h5-14H,4H2,1-3H3,(H,27,29)/b20-14-. The van der Waals surface area contributed by atoms with E-state index < -0.39 is 5.91 Å². The van der Waals surface area contributed by atoms with Gasteiger partial charge in [-0.2, -0.15) is 5.26 Å². The summed E-state index contributed by atoms with van der Waals surface area (Å²) in [6.07, 6.45) is 2.61. The molecule has 0 saturated heterocycles. The summed E-state index contributed by atoms with van der Waals surface area (Å²) in [4.78, 5) is 12.6. The number of aryl methyl sites for hydroxylation is 2. The van der Waals surface area contributed by atoms with Crippen molar-refractivity contribution in [3.8, 4) is 11.8 Å². The van der Waals surface area contributed by atoms with E-state index in [4.69, 9.17) is 11.6 Å². The minimum atomic E-state index is -0.488. The van der Waals surface area contributed by atoms with Crippen molar-refractivity contribution in [2.45, 2.75) is 27.2 Å². The van der Waals surface area contributed by atoms with Crippen molar-refractivity contribution in [2.75, 3.05) is 5.32 Å². The van der Waals surface area contributed by atoms with Crippen LogP contribution >= 0.6 is 11.6 Å². The van der Waals surface area contributed by atoms with Gasteiger partial charge in [0.1, 0.15) is 11.6 Å². The molecule has 0 aliphatic rings. The van der Waals surface area contributed by atoms with Crippen LogP contribution in [0, 0.1) is 25.2 Å². The van der Waals surface area contributed by atoms with Crippen LogP contribution in [0.25, 0.3) is 11.8 Å². The Hall–Kier alpha value is -3.29. The third kappa shape index (κ3) is 4.42. The third-order valence-corrected chi connectivity index (χ3v) is 5.19. The van der Waals surface area contributed by atoms with Gasteiger partial charge in [-0.25, -0.2) is 0 Å². The molecule has 0 fully saturated rings. The fourth-order valence-electron chi connectivity index (χ4n) is 3.27. The molecule has 0 aliphatic heterocycles. The van der Waals surface area contributed by atoms with Gasteiger partial charge in [0.2, 0.25) is 0 Å². The van der Waals surface area contributed by atoms with Gasteiger partial charge in [0, 0.05) is 17.1 Å². The molecule has 3 rings (SSSR count). The Labute approximate surface area is 176 Å². The second-order valence-electron chi connectivity index (χ2n) is 6.79. The number of benzene rings is 2. The highest BCUT2D eigenvalue weighted by Gasteiger charge is 2.15. The maximum atomic E-state index is 12.6. The summed E-state index contributed by atoms with van der Waals surface area (Å²) in [5.41, 5.74) is 5.64. The zero-order chi connectivity index (χ0) is 21.0. The topological polar surface area (TPSA) is 57.8 Å². The lowest BCUT2D eigenvalue weighted by atomic mass is 10.1. The molecule has 0 aliphatic carbocycles.